The van der Waals surface area contributed by atoms with Gasteiger partial charge in [0.05, 0.1) is 0 Å². The highest BCUT2D eigenvalue weighted by atomic mass is 16.5. The third kappa shape index (κ3) is 1.83. The molecule has 0 N–H and O–H groups in total. The van der Waals surface area contributed by atoms with Crippen LogP contribution in [0.3, 0.4) is 0 Å². The van der Waals surface area contributed by atoms with Gasteiger partial charge in [-0.15, -0.1) is 0 Å². The predicted octanol–water partition coefficient (Wildman–Crippen LogP) is 0.671. The van der Waals surface area contributed by atoms with Crippen molar-refractivity contribution in [3.05, 3.63) is 0 Å². The maximum Gasteiger partial charge on any atom is 0.302 e. The van der Waals surface area contributed by atoms with Crippen molar-refractivity contribution in [3.63, 3.8) is 0 Å². The Bertz CT molecular complexity index is 162. The standard InChI is InChI=1S/C7H10O3/c1-5(8)10-7-3-2-6(9)4-7/h7H,2-4H2,1H3/t7-/m1/s1. The van der Waals surface area contributed by atoms with Crippen molar-refractivity contribution in [1.29, 1.82) is 0 Å². The van der Waals surface area contributed by atoms with Gasteiger partial charge in [-0.3, -0.25) is 9.59 Å². The number of carbonyl (C=O) groups excluding carboxylic acids is 2. The summed E-state index contributed by atoms with van der Waals surface area (Å²) in [7, 11) is 0. The van der Waals surface area contributed by atoms with Crippen LogP contribution < -0.4 is 0 Å². The first-order valence-electron chi connectivity index (χ1n) is 3.37. The van der Waals surface area contributed by atoms with Crippen molar-refractivity contribution in [3.8, 4) is 0 Å². The third-order valence-electron chi connectivity index (χ3n) is 1.53. The largest absolute Gasteiger partial charge is 0.462 e. The summed E-state index contributed by atoms with van der Waals surface area (Å²) < 4.78 is 4.82. The first-order valence-corrected chi connectivity index (χ1v) is 3.37. The number of esters is 1. The van der Waals surface area contributed by atoms with Crippen LogP contribution in [0.15, 0.2) is 0 Å². The van der Waals surface area contributed by atoms with Gasteiger partial charge >= 0.3 is 5.97 Å². The molecule has 0 bridgehead atoms. The topological polar surface area (TPSA) is 43.4 Å². The molecule has 0 aromatic heterocycles. The SMILES string of the molecule is CC(=O)O[C@@H]1CCC(=O)C1. The molecule has 0 radical (unpaired) electrons. The van der Waals surface area contributed by atoms with E-state index < -0.39 is 0 Å². The molecule has 3 nitrogen and oxygen atoms in total. The summed E-state index contributed by atoms with van der Waals surface area (Å²) in [5, 5.41) is 0. The lowest BCUT2D eigenvalue weighted by Gasteiger charge is -2.06. The van der Waals surface area contributed by atoms with Crippen LogP contribution in [0.25, 0.3) is 0 Å². The molecule has 1 aliphatic rings. The molecule has 0 amide bonds. The second kappa shape index (κ2) is 2.82. The maximum absolute atomic E-state index is 10.6. The smallest absolute Gasteiger partial charge is 0.302 e. The number of hydrogen-bond donors (Lipinski definition) is 0. The van der Waals surface area contributed by atoms with Crippen LogP contribution in [0, 0.1) is 0 Å². The molecule has 0 aliphatic heterocycles. The molecular weight excluding hydrogens is 132 g/mol. The van der Waals surface area contributed by atoms with Gasteiger partial charge in [0.1, 0.15) is 11.9 Å². The minimum absolute atomic E-state index is 0.134. The van der Waals surface area contributed by atoms with Gasteiger partial charge in [-0.05, 0) is 6.42 Å². The third-order valence-corrected chi connectivity index (χ3v) is 1.53. The zero-order valence-electron chi connectivity index (χ0n) is 5.92. The van der Waals surface area contributed by atoms with E-state index in [2.05, 4.69) is 0 Å². The van der Waals surface area contributed by atoms with E-state index in [0.717, 1.165) is 0 Å². The zero-order chi connectivity index (χ0) is 7.56. The summed E-state index contributed by atoms with van der Waals surface area (Å²) in [6.07, 6.45) is 1.56. The lowest BCUT2D eigenvalue weighted by atomic mass is 10.3. The number of hydrogen-bond acceptors (Lipinski definition) is 3. The molecule has 10 heavy (non-hydrogen) atoms. The second-order valence-electron chi connectivity index (χ2n) is 2.51. The maximum atomic E-state index is 10.6. The summed E-state index contributed by atoms with van der Waals surface area (Å²) in [5.41, 5.74) is 0. The quantitative estimate of drug-likeness (QED) is 0.505. The van der Waals surface area contributed by atoms with E-state index in [1.165, 1.54) is 6.92 Å². The molecule has 0 spiro atoms. The summed E-state index contributed by atoms with van der Waals surface area (Å²) >= 11 is 0. The van der Waals surface area contributed by atoms with Gasteiger partial charge in [0.2, 0.25) is 0 Å². The van der Waals surface area contributed by atoms with Crippen molar-refractivity contribution in [2.24, 2.45) is 0 Å². The monoisotopic (exact) mass is 142 g/mol. The van der Waals surface area contributed by atoms with E-state index >= 15 is 0 Å². The number of Topliss-reactive ketones (excluding diaryl/α,β-unsaturated/α-hetero) is 1. The Morgan fingerprint density at radius 1 is 1.70 bits per heavy atom. The molecule has 56 valence electrons. The first kappa shape index (κ1) is 7.25. The number of ether oxygens (including phenoxy) is 1. The normalized spacial score (nSPS) is 24.9. The number of carbonyl (C=O) groups is 2. The van der Waals surface area contributed by atoms with Gasteiger partial charge in [0.15, 0.2) is 0 Å². The molecule has 1 saturated carbocycles. The summed E-state index contributed by atoms with van der Waals surface area (Å²) in [5.74, 6) is -0.0917. The van der Waals surface area contributed by atoms with Gasteiger partial charge in [-0.25, -0.2) is 0 Å². The first-order chi connectivity index (χ1) is 4.68. The minimum Gasteiger partial charge on any atom is -0.462 e. The molecule has 0 heterocycles. The van der Waals surface area contributed by atoms with E-state index in [1.807, 2.05) is 0 Å². The van der Waals surface area contributed by atoms with Crippen LogP contribution >= 0.6 is 0 Å². The Balaban J connectivity index is 2.31. The fourth-order valence-electron chi connectivity index (χ4n) is 1.12. The van der Waals surface area contributed by atoms with Crippen LogP contribution in [-0.2, 0) is 14.3 Å². The average Bonchev–Trinajstić information content (AvgIpc) is 2.13. The summed E-state index contributed by atoms with van der Waals surface area (Å²) in [4.78, 5) is 21.0. The second-order valence-corrected chi connectivity index (χ2v) is 2.51. The van der Waals surface area contributed by atoms with E-state index in [0.29, 0.717) is 19.3 Å². The van der Waals surface area contributed by atoms with Crippen molar-refractivity contribution in [1.82, 2.24) is 0 Å². The van der Waals surface area contributed by atoms with Crippen LogP contribution in [0.2, 0.25) is 0 Å². The zero-order valence-corrected chi connectivity index (χ0v) is 5.92. The van der Waals surface area contributed by atoms with E-state index in [9.17, 15) is 9.59 Å². The van der Waals surface area contributed by atoms with Gasteiger partial charge in [-0.2, -0.15) is 0 Å². The van der Waals surface area contributed by atoms with Gasteiger partial charge in [-0.1, -0.05) is 0 Å². The summed E-state index contributed by atoms with van der Waals surface area (Å²) in [6.45, 7) is 1.36. The average molecular weight is 142 g/mol. The van der Waals surface area contributed by atoms with E-state index in [1.54, 1.807) is 0 Å². The highest BCUT2D eigenvalue weighted by molar-refractivity contribution is 5.81. The Kier molecular flexibility index (Phi) is 2.04. The van der Waals surface area contributed by atoms with Crippen LogP contribution in [0.1, 0.15) is 26.2 Å². The van der Waals surface area contributed by atoms with Gasteiger partial charge < -0.3 is 4.74 Å². The van der Waals surface area contributed by atoms with Crippen molar-refractivity contribution < 1.29 is 14.3 Å². The molecule has 0 unspecified atom stereocenters. The molecule has 1 atom stereocenters. The van der Waals surface area contributed by atoms with E-state index in [4.69, 9.17) is 4.74 Å². The van der Waals surface area contributed by atoms with Crippen LogP contribution in [0.5, 0.6) is 0 Å². The van der Waals surface area contributed by atoms with Gasteiger partial charge in [0.25, 0.3) is 0 Å². The minimum atomic E-state index is -0.292. The van der Waals surface area contributed by atoms with Crippen molar-refractivity contribution >= 4 is 11.8 Å². The highest BCUT2D eigenvalue weighted by Crippen LogP contribution is 2.17. The Morgan fingerprint density at radius 2 is 2.40 bits per heavy atom. The molecule has 0 aromatic rings. The Labute approximate surface area is 59.4 Å². The molecule has 1 rings (SSSR count). The number of ketones is 1. The lowest BCUT2D eigenvalue weighted by Crippen LogP contribution is -2.12. The fourth-order valence-corrected chi connectivity index (χ4v) is 1.12. The molecule has 0 aromatic carbocycles. The molecule has 1 aliphatic carbocycles. The van der Waals surface area contributed by atoms with Gasteiger partial charge in [0, 0.05) is 19.8 Å². The molecule has 0 saturated heterocycles. The summed E-state index contributed by atoms with van der Waals surface area (Å²) in [6, 6.07) is 0. The van der Waals surface area contributed by atoms with Crippen LogP contribution in [-0.4, -0.2) is 17.9 Å². The lowest BCUT2D eigenvalue weighted by molar-refractivity contribution is -0.146. The number of rotatable bonds is 1. The molecule has 1 fully saturated rings. The Hall–Kier alpha value is -0.860. The van der Waals surface area contributed by atoms with Crippen molar-refractivity contribution in [2.75, 3.05) is 0 Å². The van der Waals surface area contributed by atoms with Crippen molar-refractivity contribution in [2.45, 2.75) is 32.3 Å². The van der Waals surface area contributed by atoms with Crippen LogP contribution in [0.4, 0.5) is 0 Å². The molecule has 3 heteroatoms. The predicted molar refractivity (Wildman–Crippen MR) is 34.4 cm³/mol. The molecular formula is C7H10O3. The van der Waals surface area contributed by atoms with E-state index in [-0.39, 0.29) is 17.9 Å². The highest BCUT2D eigenvalue weighted by Gasteiger charge is 2.23. The fraction of sp³-hybridized carbons (Fsp3) is 0.714. The Morgan fingerprint density at radius 3 is 2.80 bits per heavy atom.